The highest BCUT2D eigenvalue weighted by molar-refractivity contribution is 6.00. The summed E-state index contributed by atoms with van der Waals surface area (Å²) in [5, 5.41) is 0. The second kappa shape index (κ2) is 7.52. The lowest BCUT2D eigenvalue weighted by molar-refractivity contribution is -0.136. The molecule has 1 fully saturated rings. The van der Waals surface area contributed by atoms with E-state index >= 15 is 0 Å². The van der Waals surface area contributed by atoms with Gasteiger partial charge in [-0.2, -0.15) is 0 Å². The minimum absolute atomic E-state index is 0.0663. The number of aromatic nitrogens is 1. The molecule has 2 amide bonds. The average Bonchev–Trinajstić information content (AvgIpc) is 3.24. The van der Waals surface area contributed by atoms with Crippen LogP contribution in [0.25, 0.3) is 5.69 Å². The number of rotatable bonds is 6. The molecule has 2 aliphatic rings. The van der Waals surface area contributed by atoms with E-state index < -0.39 is 0 Å². The van der Waals surface area contributed by atoms with Crippen molar-refractivity contribution in [2.75, 3.05) is 11.4 Å². The first kappa shape index (κ1) is 18.7. The van der Waals surface area contributed by atoms with Crippen LogP contribution in [0.1, 0.15) is 50.1 Å². The Labute approximate surface area is 175 Å². The Morgan fingerprint density at radius 3 is 2.57 bits per heavy atom. The van der Waals surface area contributed by atoms with Crippen LogP contribution in [0.3, 0.4) is 0 Å². The van der Waals surface area contributed by atoms with Gasteiger partial charge in [-0.1, -0.05) is 19.1 Å². The van der Waals surface area contributed by atoms with Gasteiger partial charge in [-0.05, 0) is 55.7 Å². The van der Waals surface area contributed by atoms with Crippen molar-refractivity contribution in [1.82, 2.24) is 9.47 Å². The highest BCUT2D eigenvalue weighted by atomic mass is 16.3. The molecular formula is C24H25N3O3. The SMILES string of the molecule is CCCC(=O)N(CC(=O)N1c2ccccc2-n2cccc2[C@@H]1c1ccco1)C1CC1. The van der Waals surface area contributed by atoms with Gasteiger partial charge in [-0.3, -0.25) is 14.5 Å². The van der Waals surface area contributed by atoms with E-state index in [-0.39, 0.29) is 30.4 Å². The number of anilines is 1. The number of fused-ring (bicyclic) bond motifs is 3. The molecule has 0 unspecified atom stereocenters. The number of para-hydroxylation sites is 2. The quantitative estimate of drug-likeness (QED) is 0.617. The van der Waals surface area contributed by atoms with Crippen LogP contribution in [-0.4, -0.2) is 33.9 Å². The minimum atomic E-state index is -0.375. The Kier molecular flexibility index (Phi) is 4.69. The number of hydrogen-bond donors (Lipinski definition) is 0. The van der Waals surface area contributed by atoms with E-state index in [1.54, 1.807) is 16.1 Å². The molecule has 0 radical (unpaired) electrons. The van der Waals surface area contributed by atoms with E-state index in [0.29, 0.717) is 12.2 Å². The van der Waals surface area contributed by atoms with Gasteiger partial charge in [0.15, 0.2) is 0 Å². The first-order valence-corrected chi connectivity index (χ1v) is 10.6. The molecule has 0 spiro atoms. The van der Waals surface area contributed by atoms with Crippen molar-refractivity contribution in [2.24, 2.45) is 0 Å². The highest BCUT2D eigenvalue weighted by Crippen LogP contribution is 2.42. The number of carbonyl (C=O) groups excluding carboxylic acids is 2. The van der Waals surface area contributed by atoms with E-state index in [4.69, 9.17) is 4.42 Å². The van der Waals surface area contributed by atoms with E-state index in [0.717, 1.165) is 36.3 Å². The highest BCUT2D eigenvalue weighted by Gasteiger charge is 2.40. The fourth-order valence-electron chi connectivity index (χ4n) is 4.36. The molecule has 3 aromatic rings. The number of hydrogen-bond acceptors (Lipinski definition) is 3. The first-order valence-electron chi connectivity index (χ1n) is 10.6. The third-order valence-corrected chi connectivity index (χ3v) is 5.88. The van der Waals surface area contributed by atoms with E-state index in [9.17, 15) is 9.59 Å². The Bertz CT molecular complexity index is 1070. The van der Waals surface area contributed by atoms with E-state index in [2.05, 4.69) is 4.57 Å². The number of amides is 2. The van der Waals surface area contributed by atoms with Gasteiger partial charge >= 0.3 is 0 Å². The fraction of sp³-hybridized carbons (Fsp3) is 0.333. The molecule has 154 valence electrons. The molecule has 1 aromatic carbocycles. The summed E-state index contributed by atoms with van der Waals surface area (Å²) < 4.78 is 7.86. The zero-order valence-electron chi connectivity index (χ0n) is 17.0. The molecule has 1 aliphatic heterocycles. The predicted molar refractivity (Wildman–Crippen MR) is 113 cm³/mol. The average molecular weight is 403 g/mol. The van der Waals surface area contributed by atoms with Crippen molar-refractivity contribution in [3.63, 3.8) is 0 Å². The molecule has 6 nitrogen and oxygen atoms in total. The molecule has 1 atom stereocenters. The molecule has 5 rings (SSSR count). The zero-order chi connectivity index (χ0) is 20.7. The van der Waals surface area contributed by atoms with Crippen LogP contribution in [0.4, 0.5) is 5.69 Å². The largest absolute Gasteiger partial charge is 0.467 e. The first-order chi connectivity index (χ1) is 14.7. The van der Waals surface area contributed by atoms with E-state index in [1.165, 1.54) is 0 Å². The number of carbonyl (C=O) groups is 2. The molecule has 0 saturated heterocycles. The Hall–Kier alpha value is -3.28. The Morgan fingerprint density at radius 2 is 1.87 bits per heavy atom. The zero-order valence-corrected chi connectivity index (χ0v) is 17.0. The maximum Gasteiger partial charge on any atom is 0.247 e. The summed E-state index contributed by atoms with van der Waals surface area (Å²) >= 11 is 0. The molecule has 30 heavy (non-hydrogen) atoms. The lowest BCUT2D eigenvalue weighted by Gasteiger charge is -2.38. The summed E-state index contributed by atoms with van der Waals surface area (Å²) in [6, 6.07) is 15.4. The third kappa shape index (κ3) is 3.12. The second-order valence-electron chi connectivity index (χ2n) is 7.98. The molecule has 0 bridgehead atoms. The normalized spacial score (nSPS) is 17.4. The van der Waals surface area contributed by atoms with Crippen molar-refractivity contribution in [2.45, 2.75) is 44.7 Å². The van der Waals surface area contributed by atoms with Crippen LogP contribution in [0, 0.1) is 0 Å². The van der Waals surface area contributed by atoms with Crippen LogP contribution in [0.2, 0.25) is 0 Å². The van der Waals surface area contributed by atoms with E-state index in [1.807, 2.05) is 61.7 Å². The topological polar surface area (TPSA) is 58.7 Å². The van der Waals surface area contributed by atoms with Crippen molar-refractivity contribution < 1.29 is 14.0 Å². The van der Waals surface area contributed by atoms with Crippen molar-refractivity contribution in [1.29, 1.82) is 0 Å². The van der Waals surface area contributed by atoms with Crippen molar-refractivity contribution in [3.05, 3.63) is 72.4 Å². The molecule has 6 heteroatoms. The number of furan rings is 1. The van der Waals surface area contributed by atoms with Crippen molar-refractivity contribution in [3.8, 4) is 5.69 Å². The predicted octanol–water partition coefficient (Wildman–Crippen LogP) is 4.30. The van der Waals surface area contributed by atoms with Gasteiger partial charge in [0.2, 0.25) is 11.8 Å². The standard InChI is InChI=1S/C24H25N3O3/c1-2-7-22(28)26(17-12-13-17)16-23(29)27-19-9-4-3-8-18(19)25-14-5-10-20(25)24(27)21-11-6-15-30-21/h3-6,8-11,14-15,17,24H,2,7,12-13,16H2,1H3/t24-/m1/s1. The lowest BCUT2D eigenvalue weighted by Crippen LogP contribution is -2.47. The monoisotopic (exact) mass is 403 g/mol. The smallest absolute Gasteiger partial charge is 0.247 e. The third-order valence-electron chi connectivity index (χ3n) is 5.88. The van der Waals surface area contributed by atoms with Crippen LogP contribution in [0.5, 0.6) is 0 Å². The maximum absolute atomic E-state index is 13.7. The Morgan fingerprint density at radius 1 is 1.07 bits per heavy atom. The summed E-state index contributed by atoms with van der Waals surface area (Å²) in [4.78, 5) is 30.0. The van der Waals surface area contributed by atoms with Gasteiger partial charge in [0.1, 0.15) is 18.3 Å². The van der Waals surface area contributed by atoms with Crippen LogP contribution < -0.4 is 4.90 Å². The van der Waals surface area contributed by atoms with Gasteiger partial charge in [-0.25, -0.2) is 0 Å². The molecule has 0 N–H and O–H groups in total. The maximum atomic E-state index is 13.7. The molecule has 3 heterocycles. The number of nitrogens with zero attached hydrogens (tertiary/aromatic N) is 3. The van der Waals surface area contributed by atoms with Gasteiger partial charge in [0, 0.05) is 18.7 Å². The van der Waals surface area contributed by atoms with Crippen LogP contribution in [0.15, 0.2) is 65.4 Å². The summed E-state index contributed by atoms with van der Waals surface area (Å²) in [5.41, 5.74) is 2.74. The van der Waals surface area contributed by atoms with Gasteiger partial charge in [-0.15, -0.1) is 0 Å². The second-order valence-corrected chi connectivity index (χ2v) is 7.98. The molecule has 2 aromatic heterocycles. The fourth-order valence-corrected chi connectivity index (χ4v) is 4.36. The van der Waals surface area contributed by atoms with Gasteiger partial charge in [0.25, 0.3) is 0 Å². The molecular weight excluding hydrogens is 378 g/mol. The summed E-state index contributed by atoms with van der Waals surface area (Å²) in [6.45, 7) is 2.09. The summed E-state index contributed by atoms with van der Waals surface area (Å²) in [6.07, 6.45) is 6.85. The number of benzene rings is 1. The van der Waals surface area contributed by atoms with Crippen LogP contribution in [-0.2, 0) is 9.59 Å². The summed E-state index contributed by atoms with van der Waals surface area (Å²) in [5.74, 6) is 0.680. The summed E-state index contributed by atoms with van der Waals surface area (Å²) in [7, 11) is 0. The van der Waals surface area contributed by atoms with Gasteiger partial charge in [0.05, 0.1) is 23.3 Å². The van der Waals surface area contributed by atoms with Crippen LogP contribution >= 0.6 is 0 Å². The lowest BCUT2D eigenvalue weighted by atomic mass is 10.0. The minimum Gasteiger partial charge on any atom is -0.467 e. The molecule has 1 aliphatic carbocycles. The Balaban J connectivity index is 1.56. The van der Waals surface area contributed by atoms with Gasteiger partial charge < -0.3 is 13.9 Å². The molecule has 1 saturated carbocycles. The van der Waals surface area contributed by atoms with Crippen molar-refractivity contribution >= 4 is 17.5 Å².